The molecule has 0 spiro atoms. The van der Waals surface area contributed by atoms with Gasteiger partial charge >= 0.3 is 0 Å². The van der Waals surface area contributed by atoms with Crippen LogP contribution in [0.5, 0.6) is 5.75 Å². The van der Waals surface area contributed by atoms with E-state index in [9.17, 15) is 9.59 Å². The van der Waals surface area contributed by atoms with Crippen molar-refractivity contribution in [3.8, 4) is 5.75 Å². The highest BCUT2D eigenvalue weighted by Crippen LogP contribution is 2.19. The van der Waals surface area contributed by atoms with Gasteiger partial charge in [0.25, 0.3) is 5.56 Å². The standard InChI is InChI=1S/C21H21N3O3S/c1-3-12-24-20(26)16-9-5-6-10-17(16)23-21(24)28-14-19(25)22-13-15-8-4-7-11-18(15)27-2/h3-11H,1,12-14H2,2H3,(H,22,25). The second-order valence-electron chi connectivity index (χ2n) is 5.99. The molecule has 28 heavy (non-hydrogen) atoms. The summed E-state index contributed by atoms with van der Waals surface area (Å²) in [4.78, 5) is 29.6. The fraction of sp³-hybridized carbons (Fsp3) is 0.190. The number of carbonyl (C=O) groups is 1. The van der Waals surface area contributed by atoms with Crippen molar-refractivity contribution < 1.29 is 9.53 Å². The van der Waals surface area contributed by atoms with E-state index in [-0.39, 0.29) is 17.2 Å². The van der Waals surface area contributed by atoms with Crippen molar-refractivity contribution in [1.82, 2.24) is 14.9 Å². The molecule has 3 aromatic rings. The quantitative estimate of drug-likeness (QED) is 0.361. The number of aromatic nitrogens is 2. The summed E-state index contributed by atoms with van der Waals surface area (Å²) in [5.74, 6) is 0.729. The molecule has 0 aliphatic carbocycles. The topological polar surface area (TPSA) is 73.2 Å². The summed E-state index contributed by atoms with van der Waals surface area (Å²) in [5.41, 5.74) is 1.38. The molecule has 0 aliphatic heterocycles. The van der Waals surface area contributed by atoms with E-state index in [2.05, 4.69) is 16.9 Å². The molecule has 1 N–H and O–H groups in total. The number of hydrogen-bond acceptors (Lipinski definition) is 5. The Balaban J connectivity index is 1.72. The molecule has 0 bridgehead atoms. The number of thioether (sulfide) groups is 1. The minimum Gasteiger partial charge on any atom is -0.496 e. The summed E-state index contributed by atoms with van der Waals surface area (Å²) < 4.78 is 6.82. The molecule has 0 radical (unpaired) electrons. The molecule has 0 aliphatic rings. The van der Waals surface area contributed by atoms with Crippen molar-refractivity contribution in [3.05, 3.63) is 77.1 Å². The highest BCUT2D eigenvalue weighted by atomic mass is 32.2. The molecule has 3 rings (SSSR count). The fourth-order valence-electron chi connectivity index (χ4n) is 2.77. The van der Waals surface area contributed by atoms with Crippen LogP contribution in [0, 0.1) is 0 Å². The lowest BCUT2D eigenvalue weighted by molar-refractivity contribution is -0.118. The van der Waals surface area contributed by atoms with E-state index >= 15 is 0 Å². The molecule has 0 atom stereocenters. The summed E-state index contributed by atoms with van der Waals surface area (Å²) >= 11 is 1.23. The molecule has 2 aromatic carbocycles. The third-order valence-corrected chi connectivity index (χ3v) is 5.12. The normalized spacial score (nSPS) is 10.6. The molecule has 0 unspecified atom stereocenters. The van der Waals surface area contributed by atoms with Crippen LogP contribution in [-0.4, -0.2) is 28.3 Å². The van der Waals surface area contributed by atoms with Crippen LogP contribution in [0.3, 0.4) is 0 Å². The zero-order chi connectivity index (χ0) is 19.9. The van der Waals surface area contributed by atoms with Crippen LogP contribution in [-0.2, 0) is 17.9 Å². The molecule has 0 saturated carbocycles. The van der Waals surface area contributed by atoms with Crippen LogP contribution in [0.25, 0.3) is 10.9 Å². The predicted octanol–water partition coefficient (Wildman–Crippen LogP) is 3.00. The Hall–Kier alpha value is -3.06. The molecule has 0 saturated heterocycles. The number of ether oxygens (including phenoxy) is 1. The fourth-order valence-corrected chi connectivity index (χ4v) is 3.61. The minimum absolute atomic E-state index is 0.137. The zero-order valence-electron chi connectivity index (χ0n) is 15.6. The third-order valence-electron chi connectivity index (χ3n) is 4.14. The van der Waals surface area contributed by atoms with E-state index in [0.717, 1.165) is 11.3 Å². The van der Waals surface area contributed by atoms with Gasteiger partial charge in [0.2, 0.25) is 5.91 Å². The Morgan fingerprint density at radius 1 is 1.25 bits per heavy atom. The lowest BCUT2D eigenvalue weighted by Gasteiger charge is -2.12. The van der Waals surface area contributed by atoms with Gasteiger partial charge in [-0.25, -0.2) is 4.98 Å². The summed E-state index contributed by atoms with van der Waals surface area (Å²) in [7, 11) is 1.60. The largest absolute Gasteiger partial charge is 0.496 e. The number of nitrogens with one attached hydrogen (secondary N) is 1. The van der Waals surface area contributed by atoms with Crippen molar-refractivity contribution in [2.45, 2.75) is 18.2 Å². The van der Waals surface area contributed by atoms with Gasteiger partial charge in [0, 0.05) is 18.7 Å². The van der Waals surface area contributed by atoms with E-state index in [1.165, 1.54) is 16.3 Å². The maximum absolute atomic E-state index is 12.7. The number of carbonyl (C=O) groups excluding carboxylic acids is 1. The first-order valence-corrected chi connectivity index (χ1v) is 9.74. The maximum atomic E-state index is 12.7. The molecule has 7 heteroatoms. The predicted molar refractivity (Wildman–Crippen MR) is 112 cm³/mol. The van der Waals surface area contributed by atoms with Crippen LogP contribution in [0.4, 0.5) is 0 Å². The van der Waals surface area contributed by atoms with Gasteiger partial charge in [0.05, 0.1) is 23.8 Å². The molecule has 0 fully saturated rings. The van der Waals surface area contributed by atoms with E-state index in [4.69, 9.17) is 4.74 Å². The smallest absolute Gasteiger partial charge is 0.262 e. The minimum atomic E-state index is -0.150. The Morgan fingerprint density at radius 3 is 2.79 bits per heavy atom. The molecular weight excluding hydrogens is 374 g/mol. The summed E-state index contributed by atoms with van der Waals surface area (Å²) in [6, 6.07) is 14.7. The Bertz CT molecular complexity index is 1060. The van der Waals surface area contributed by atoms with E-state index < -0.39 is 0 Å². The van der Waals surface area contributed by atoms with Crippen LogP contribution in [0.1, 0.15) is 5.56 Å². The zero-order valence-corrected chi connectivity index (χ0v) is 16.4. The number of methoxy groups -OCH3 is 1. The van der Waals surface area contributed by atoms with E-state index in [1.807, 2.05) is 36.4 Å². The first-order valence-electron chi connectivity index (χ1n) is 8.76. The molecule has 1 aromatic heterocycles. The Morgan fingerprint density at radius 2 is 2.00 bits per heavy atom. The number of fused-ring (bicyclic) bond motifs is 1. The Kier molecular flexibility index (Phi) is 6.49. The maximum Gasteiger partial charge on any atom is 0.262 e. The third kappa shape index (κ3) is 4.43. The van der Waals surface area contributed by atoms with Gasteiger partial charge in [-0.3, -0.25) is 14.2 Å². The van der Waals surface area contributed by atoms with Crippen LogP contribution >= 0.6 is 11.8 Å². The van der Waals surface area contributed by atoms with Crippen LogP contribution in [0.15, 0.2) is 71.1 Å². The van der Waals surface area contributed by atoms with E-state index in [0.29, 0.717) is 29.1 Å². The van der Waals surface area contributed by atoms with Gasteiger partial charge in [-0.1, -0.05) is 48.2 Å². The summed E-state index contributed by atoms with van der Waals surface area (Å²) in [6.07, 6.45) is 1.64. The van der Waals surface area contributed by atoms with Gasteiger partial charge in [-0.15, -0.1) is 6.58 Å². The molecular formula is C21H21N3O3S. The highest BCUT2D eigenvalue weighted by molar-refractivity contribution is 7.99. The molecule has 1 amide bonds. The van der Waals surface area contributed by atoms with Gasteiger partial charge in [0.1, 0.15) is 5.75 Å². The second kappa shape index (κ2) is 9.23. The number of allylic oxidation sites excluding steroid dienone is 1. The van der Waals surface area contributed by atoms with E-state index in [1.54, 1.807) is 25.3 Å². The van der Waals surface area contributed by atoms with Crippen molar-refractivity contribution in [1.29, 1.82) is 0 Å². The molecule has 144 valence electrons. The number of hydrogen-bond donors (Lipinski definition) is 1. The van der Waals surface area contributed by atoms with Crippen molar-refractivity contribution in [2.24, 2.45) is 0 Å². The van der Waals surface area contributed by atoms with Crippen LogP contribution < -0.4 is 15.6 Å². The van der Waals surface area contributed by atoms with Crippen molar-refractivity contribution >= 4 is 28.6 Å². The first-order chi connectivity index (χ1) is 13.6. The van der Waals surface area contributed by atoms with Crippen molar-refractivity contribution in [3.63, 3.8) is 0 Å². The monoisotopic (exact) mass is 395 g/mol. The van der Waals surface area contributed by atoms with Gasteiger partial charge in [0.15, 0.2) is 5.16 Å². The second-order valence-corrected chi connectivity index (χ2v) is 6.94. The first kappa shape index (κ1) is 19.7. The summed E-state index contributed by atoms with van der Waals surface area (Å²) in [6.45, 7) is 4.41. The Labute approximate surface area is 167 Å². The van der Waals surface area contributed by atoms with Gasteiger partial charge in [-0.05, 0) is 18.2 Å². The van der Waals surface area contributed by atoms with Gasteiger partial charge < -0.3 is 10.1 Å². The number of para-hydroxylation sites is 2. The number of rotatable bonds is 8. The number of amides is 1. The van der Waals surface area contributed by atoms with Crippen molar-refractivity contribution in [2.75, 3.05) is 12.9 Å². The summed E-state index contributed by atoms with van der Waals surface area (Å²) in [5, 5.41) is 3.92. The molecule has 1 heterocycles. The lowest BCUT2D eigenvalue weighted by Crippen LogP contribution is -2.26. The molecule has 6 nitrogen and oxygen atoms in total. The average Bonchev–Trinajstić information content (AvgIpc) is 2.73. The average molecular weight is 395 g/mol. The lowest BCUT2D eigenvalue weighted by atomic mass is 10.2. The van der Waals surface area contributed by atoms with Gasteiger partial charge in [-0.2, -0.15) is 0 Å². The number of benzene rings is 2. The van der Waals surface area contributed by atoms with Crippen LogP contribution in [0.2, 0.25) is 0 Å². The SMILES string of the molecule is C=CCn1c(SCC(=O)NCc2ccccc2OC)nc2ccccc2c1=O. The highest BCUT2D eigenvalue weighted by Gasteiger charge is 2.13. The number of nitrogens with zero attached hydrogens (tertiary/aromatic N) is 2.